The van der Waals surface area contributed by atoms with E-state index in [1.165, 1.54) is 31.4 Å². The van der Waals surface area contributed by atoms with Crippen LogP contribution in [0.4, 0.5) is 4.39 Å². The first-order chi connectivity index (χ1) is 11.2. The van der Waals surface area contributed by atoms with E-state index < -0.39 is 0 Å². The Hall–Kier alpha value is -1.72. The Labute approximate surface area is 136 Å². The van der Waals surface area contributed by atoms with Gasteiger partial charge in [-0.05, 0) is 76.1 Å². The van der Waals surface area contributed by atoms with Crippen molar-refractivity contribution < 1.29 is 8.81 Å². The summed E-state index contributed by atoms with van der Waals surface area (Å²) in [5.74, 6) is 1.15. The molecule has 3 rings (SSSR count). The molecular formula is C18H24FN3O. The monoisotopic (exact) mass is 317 g/mol. The minimum atomic E-state index is -0.248. The zero-order valence-corrected chi connectivity index (χ0v) is 13.6. The molecule has 0 spiro atoms. The van der Waals surface area contributed by atoms with Gasteiger partial charge < -0.3 is 9.73 Å². The highest BCUT2D eigenvalue weighted by molar-refractivity contribution is 5.52. The molecule has 2 heterocycles. The van der Waals surface area contributed by atoms with Crippen LogP contribution in [0, 0.1) is 11.7 Å². The van der Waals surface area contributed by atoms with Gasteiger partial charge in [0.2, 0.25) is 5.89 Å². The summed E-state index contributed by atoms with van der Waals surface area (Å²) in [5, 5.41) is 3.23. The fourth-order valence-corrected chi connectivity index (χ4v) is 3.12. The van der Waals surface area contributed by atoms with Gasteiger partial charge in [-0.25, -0.2) is 9.37 Å². The van der Waals surface area contributed by atoms with Crippen molar-refractivity contribution in [3.05, 3.63) is 42.0 Å². The van der Waals surface area contributed by atoms with Gasteiger partial charge in [0.15, 0.2) is 0 Å². The second-order valence-corrected chi connectivity index (χ2v) is 6.26. The summed E-state index contributed by atoms with van der Waals surface area (Å²) in [5.41, 5.74) is 1.75. The fourth-order valence-electron chi connectivity index (χ4n) is 3.12. The Bertz CT molecular complexity index is 603. The van der Waals surface area contributed by atoms with Gasteiger partial charge in [-0.15, -0.1) is 0 Å². The van der Waals surface area contributed by atoms with Gasteiger partial charge >= 0.3 is 0 Å². The molecule has 0 bridgehead atoms. The largest absolute Gasteiger partial charge is 0.444 e. The van der Waals surface area contributed by atoms with Gasteiger partial charge in [-0.2, -0.15) is 0 Å². The standard InChI is InChI=1S/C18H24FN3O/c1-20-9-6-14-7-10-22(11-8-14)12-17-13-23-18(21-17)15-2-4-16(19)5-3-15/h2-5,13-14,20H,6-12H2,1H3. The molecule has 1 fully saturated rings. The van der Waals surface area contributed by atoms with Crippen LogP contribution in [0.1, 0.15) is 25.0 Å². The predicted octanol–water partition coefficient (Wildman–Crippen LogP) is 3.30. The van der Waals surface area contributed by atoms with Crippen LogP contribution in [0.25, 0.3) is 11.5 Å². The SMILES string of the molecule is CNCCC1CCN(Cc2coc(-c3ccc(F)cc3)n2)CC1. The lowest BCUT2D eigenvalue weighted by atomic mass is 9.93. The van der Waals surface area contributed by atoms with E-state index in [4.69, 9.17) is 4.42 Å². The minimum Gasteiger partial charge on any atom is -0.444 e. The van der Waals surface area contributed by atoms with Crippen molar-refractivity contribution in [1.29, 1.82) is 0 Å². The minimum absolute atomic E-state index is 0.248. The summed E-state index contributed by atoms with van der Waals surface area (Å²) in [6, 6.07) is 6.24. The first-order valence-corrected chi connectivity index (χ1v) is 8.32. The molecule has 1 N–H and O–H groups in total. The average Bonchev–Trinajstić information content (AvgIpc) is 3.03. The Balaban J connectivity index is 1.53. The van der Waals surface area contributed by atoms with Crippen LogP contribution in [0.3, 0.4) is 0 Å². The molecular weight excluding hydrogens is 293 g/mol. The first kappa shape index (κ1) is 16.1. The van der Waals surface area contributed by atoms with Crippen molar-refractivity contribution in [2.75, 3.05) is 26.7 Å². The van der Waals surface area contributed by atoms with Gasteiger partial charge in [0.05, 0.1) is 5.69 Å². The van der Waals surface area contributed by atoms with E-state index in [1.54, 1.807) is 18.4 Å². The van der Waals surface area contributed by atoms with E-state index in [1.807, 2.05) is 7.05 Å². The molecule has 0 unspecified atom stereocenters. The summed E-state index contributed by atoms with van der Waals surface area (Å²) in [4.78, 5) is 6.96. The highest BCUT2D eigenvalue weighted by Crippen LogP contribution is 2.23. The number of likely N-dealkylation sites (tertiary alicyclic amines) is 1. The van der Waals surface area contributed by atoms with Crippen molar-refractivity contribution in [3.63, 3.8) is 0 Å². The smallest absolute Gasteiger partial charge is 0.226 e. The number of benzene rings is 1. The van der Waals surface area contributed by atoms with Crippen LogP contribution in [-0.4, -0.2) is 36.6 Å². The van der Waals surface area contributed by atoms with E-state index >= 15 is 0 Å². The highest BCUT2D eigenvalue weighted by Gasteiger charge is 2.20. The number of piperidine rings is 1. The molecule has 1 aromatic carbocycles. The van der Waals surface area contributed by atoms with Crippen molar-refractivity contribution in [3.8, 4) is 11.5 Å². The molecule has 1 saturated heterocycles. The molecule has 5 heteroatoms. The Kier molecular flexibility index (Phi) is 5.41. The molecule has 2 aromatic rings. The summed E-state index contributed by atoms with van der Waals surface area (Å²) >= 11 is 0. The second kappa shape index (κ2) is 7.70. The van der Waals surface area contributed by atoms with Crippen LogP contribution in [0.15, 0.2) is 34.9 Å². The zero-order chi connectivity index (χ0) is 16.1. The summed E-state index contributed by atoms with van der Waals surface area (Å²) in [7, 11) is 2.01. The fraction of sp³-hybridized carbons (Fsp3) is 0.500. The molecule has 1 aliphatic rings. The van der Waals surface area contributed by atoms with Crippen LogP contribution in [0.2, 0.25) is 0 Å². The van der Waals surface area contributed by atoms with Crippen molar-refractivity contribution in [2.45, 2.75) is 25.8 Å². The summed E-state index contributed by atoms with van der Waals surface area (Å²) in [6.45, 7) is 4.17. The summed E-state index contributed by atoms with van der Waals surface area (Å²) < 4.78 is 18.5. The number of rotatable bonds is 6. The molecule has 1 aliphatic heterocycles. The zero-order valence-electron chi connectivity index (χ0n) is 13.6. The average molecular weight is 317 g/mol. The quantitative estimate of drug-likeness (QED) is 0.887. The second-order valence-electron chi connectivity index (χ2n) is 6.26. The molecule has 0 radical (unpaired) electrons. The number of hydrogen-bond donors (Lipinski definition) is 1. The van der Waals surface area contributed by atoms with Gasteiger partial charge in [-0.1, -0.05) is 0 Å². The molecule has 124 valence electrons. The van der Waals surface area contributed by atoms with Crippen molar-refractivity contribution in [2.24, 2.45) is 5.92 Å². The number of halogens is 1. The Morgan fingerprint density at radius 2 is 2.00 bits per heavy atom. The van der Waals surface area contributed by atoms with E-state index in [0.29, 0.717) is 5.89 Å². The third kappa shape index (κ3) is 4.39. The van der Waals surface area contributed by atoms with Crippen molar-refractivity contribution in [1.82, 2.24) is 15.2 Å². The number of nitrogens with zero attached hydrogens (tertiary/aromatic N) is 2. The lowest BCUT2D eigenvalue weighted by Crippen LogP contribution is -2.34. The van der Waals surface area contributed by atoms with Crippen LogP contribution < -0.4 is 5.32 Å². The number of nitrogens with one attached hydrogen (secondary N) is 1. The van der Waals surface area contributed by atoms with E-state index in [-0.39, 0.29) is 5.82 Å². The lowest BCUT2D eigenvalue weighted by Gasteiger charge is -2.31. The molecule has 0 saturated carbocycles. The van der Waals surface area contributed by atoms with Crippen LogP contribution >= 0.6 is 0 Å². The highest BCUT2D eigenvalue weighted by atomic mass is 19.1. The van der Waals surface area contributed by atoms with Crippen molar-refractivity contribution >= 4 is 0 Å². The topological polar surface area (TPSA) is 41.3 Å². The third-order valence-electron chi connectivity index (χ3n) is 4.54. The van der Waals surface area contributed by atoms with E-state index in [9.17, 15) is 4.39 Å². The van der Waals surface area contributed by atoms with Crippen LogP contribution in [-0.2, 0) is 6.54 Å². The molecule has 0 aliphatic carbocycles. The van der Waals surface area contributed by atoms with Gasteiger partial charge in [0, 0.05) is 12.1 Å². The molecule has 1 aromatic heterocycles. The Morgan fingerprint density at radius 1 is 1.26 bits per heavy atom. The number of aromatic nitrogens is 1. The van der Waals surface area contributed by atoms with E-state index in [2.05, 4.69) is 15.2 Å². The van der Waals surface area contributed by atoms with Gasteiger partial charge in [0.25, 0.3) is 0 Å². The maximum absolute atomic E-state index is 13.0. The summed E-state index contributed by atoms with van der Waals surface area (Å²) in [6.07, 6.45) is 5.49. The third-order valence-corrected chi connectivity index (χ3v) is 4.54. The number of hydrogen-bond acceptors (Lipinski definition) is 4. The molecule has 4 nitrogen and oxygen atoms in total. The lowest BCUT2D eigenvalue weighted by molar-refractivity contribution is 0.170. The maximum Gasteiger partial charge on any atom is 0.226 e. The normalized spacial score (nSPS) is 16.8. The molecule has 23 heavy (non-hydrogen) atoms. The Morgan fingerprint density at radius 3 is 2.70 bits per heavy atom. The number of oxazole rings is 1. The predicted molar refractivity (Wildman–Crippen MR) is 88.4 cm³/mol. The van der Waals surface area contributed by atoms with E-state index in [0.717, 1.165) is 43.4 Å². The van der Waals surface area contributed by atoms with Crippen LogP contribution in [0.5, 0.6) is 0 Å². The molecule has 0 atom stereocenters. The molecule has 0 amide bonds. The maximum atomic E-state index is 13.0. The van der Waals surface area contributed by atoms with Gasteiger partial charge in [0.1, 0.15) is 12.1 Å². The van der Waals surface area contributed by atoms with Gasteiger partial charge in [-0.3, -0.25) is 4.90 Å². The first-order valence-electron chi connectivity index (χ1n) is 8.32.